The molecule has 4 amide bonds. The van der Waals surface area contributed by atoms with Gasteiger partial charge in [-0.2, -0.15) is 0 Å². The molecule has 112 valence electrons. The minimum absolute atomic E-state index is 0.181. The van der Waals surface area contributed by atoms with Crippen LogP contribution < -0.4 is 5.32 Å². The molecule has 1 aliphatic carbocycles. The van der Waals surface area contributed by atoms with Gasteiger partial charge in [0.25, 0.3) is 0 Å². The van der Waals surface area contributed by atoms with Gasteiger partial charge in [0, 0.05) is 6.54 Å². The SMILES string of the molecule is CC(C)(C)CN1C(=O)NC(=O)C2(CCCCCC2)C1=O. The number of barbiturate groups is 1. The van der Waals surface area contributed by atoms with Gasteiger partial charge < -0.3 is 0 Å². The maximum Gasteiger partial charge on any atom is 0.330 e. The molecule has 0 aromatic carbocycles. The van der Waals surface area contributed by atoms with Crippen LogP contribution in [0.3, 0.4) is 0 Å². The van der Waals surface area contributed by atoms with E-state index in [4.69, 9.17) is 0 Å². The van der Waals surface area contributed by atoms with E-state index in [-0.39, 0.29) is 17.2 Å². The second-order valence-electron chi connectivity index (χ2n) is 7.21. The number of nitrogens with one attached hydrogen (secondary N) is 1. The standard InChI is InChI=1S/C15H24N2O3/c1-14(2,3)10-17-12(19)15(11(18)16-13(17)20)8-6-4-5-7-9-15/h4-10H2,1-3H3,(H,16,18,20). The molecule has 1 spiro atoms. The molecule has 2 rings (SSSR count). The number of hydrogen-bond donors (Lipinski definition) is 1. The summed E-state index contributed by atoms with van der Waals surface area (Å²) in [7, 11) is 0. The number of amides is 4. The van der Waals surface area contributed by atoms with E-state index in [1.165, 1.54) is 4.90 Å². The molecule has 2 aliphatic rings. The maximum atomic E-state index is 12.8. The molecule has 5 heteroatoms. The molecular weight excluding hydrogens is 256 g/mol. The van der Waals surface area contributed by atoms with E-state index in [9.17, 15) is 14.4 Å². The molecule has 0 aromatic heterocycles. The summed E-state index contributed by atoms with van der Waals surface area (Å²) in [5.41, 5.74) is -1.19. The summed E-state index contributed by atoms with van der Waals surface area (Å²) in [6, 6.07) is -0.565. The summed E-state index contributed by atoms with van der Waals surface area (Å²) in [5, 5.41) is 2.40. The average Bonchev–Trinajstić information content (AvgIpc) is 2.58. The minimum Gasteiger partial charge on any atom is -0.277 e. The van der Waals surface area contributed by atoms with Gasteiger partial charge in [-0.25, -0.2) is 4.79 Å². The number of nitrogens with zero attached hydrogens (tertiary/aromatic N) is 1. The minimum atomic E-state index is -1.00. The zero-order chi connectivity index (χ0) is 15.0. The van der Waals surface area contributed by atoms with Crippen molar-refractivity contribution in [1.29, 1.82) is 0 Å². The molecule has 0 aromatic rings. The normalized spacial score (nSPS) is 23.8. The molecule has 20 heavy (non-hydrogen) atoms. The van der Waals surface area contributed by atoms with Crippen molar-refractivity contribution in [3.05, 3.63) is 0 Å². The fraction of sp³-hybridized carbons (Fsp3) is 0.800. The molecule has 0 radical (unpaired) electrons. The molecule has 1 saturated heterocycles. The van der Waals surface area contributed by atoms with Gasteiger partial charge in [-0.1, -0.05) is 46.5 Å². The van der Waals surface area contributed by atoms with Crippen LogP contribution in [0.4, 0.5) is 4.79 Å². The summed E-state index contributed by atoms with van der Waals surface area (Å²) in [6.45, 7) is 6.27. The highest BCUT2D eigenvalue weighted by molar-refractivity contribution is 6.19. The molecule has 1 N–H and O–H groups in total. The first kappa shape index (κ1) is 15.0. The number of imide groups is 2. The Labute approximate surface area is 120 Å². The predicted octanol–water partition coefficient (Wildman–Crippen LogP) is 2.45. The van der Waals surface area contributed by atoms with Crippen molar-refractivity contribution in [1.82, 2.24) is 10.2 Å². The highest BCUT2D eigenvalue weighted by atomic mass is 16.2. The molecule has 1 aliphatic heterocycles. The van der Waals surface area contributed by atoms with Crippen molar-refractivity contribution in [2.75, 3.05) is 6.54 Å². The van der Waals surface area contributed by atoms with E-state index in [1.54, 1.807) is 0 Å². The molecule has 0 bridgehead atoms. The summed E-state index contributed by atoms with van der Waals surface area (Å²) in [4.78, 5) is 38.3. The van der Waals surface area contributed by atoms with E-state index in [0.29, 0.717) is 19.4 Å². The van der Waals surface area contributed by atoms with E-state index >= 15 is 0 Å². The highest BCUT2D eigenvalue weighted by Crippen LogP contribution is 2.39. The smallest absolute Gasteiger partial charge is 0.277 e. The zero-order valence-corrected chi connectivity index (χ0v) is 12.6. The lowest BCUT2D eigenvalue weighted by molar-refractivity contribution is -0.153. The lowest BCUT2D eigenvalue weighted by atomic mass is 9.76. The lowest BCUT2D eigenvalue weighted by Gasteiger charge is -2.40. The largest absolute Gasteiger partial charge is 0.330 e. The number of carbonyl (C=O) groups excluding carboxylic acids is 3. The lowest BCUT2D eigenvalue weighted by Crippen LogP contribution is -2.64. The Kier molecular flexibility index (Phi) is 3.89. The Hall–Kier alpha value is -1.39. The van der Waals surface area contributed by atoms with Crippen LogP contribution >= 0.6 is 0 Å². The van der Waals surface area contributed by atoms with Gasteiger partial charge >= 0.3 is 6.03 Å². The van der Waals surface area contributed by atoms with Crippen molar-refractivity contribution in [2.45, 2.75) is 59.3 Å². The first-order valence-electron chi connectivity index (χ1n) is 7.44. The van der Waals surface area contributed by atoms with Crippen LogP contribution in [-0.4, -0.2) is 29.3 Å². The maximum absolute atomic E-state index is 12.8. The van der Waals surface area contributed by atoms with Crippen LogP contribution in [0.1, 0.15) is 59.3 Å². The molecule has 5 nitrogen and oxygen atoms in total. The number of rotatable bonds is 1. The Morgan fingerprint density at radius 1 is 1.05 bits per heavy atom. The van der Waals surface area contributed by atoms with Crippen LogP contribution in [0.2, 0.25) is 0 Å². The summed E-state index contributed by atoms with van der Waals surface area (Å²) in [6.07, 6.45) is 4.97. The second-order valence-corrected chi connectivity index (χ2v) is 7.21. The van der Waals surface area contributed by atoms with Crippen molar-refractivity contribution < 1.29 is 14.4 Å². The Bertz CT molecular complexity index is 429. The van der Waals surface area contributed by atoms with E-state index < -0.39 is 11.4 Å². The van der Waals surface area contributed by atoms with Crippen LogP contribution in [0.15, 0.2) is 0 Å². The van der Waals surface area contributed by atoms with Crippen molar-refractivity contribution >= 4 is 17.8 Å². The van der Waals surface area contributed by atoms with Gasteiger partial charge in [0.1, 0.15) is 5.41 Å². The van der Waals surface area contributed by atoms with Gasteiger partial charge in [-0.15, -0.1) is 0 Å². The number of urea groups is 1. The Morgan fingerprint density at radius 3 is 2.10 bits per heavy atom. The van der Waals surface area contributed by atoms with Crippen LogP contribution in [0, 0.1) is 10.8 Å². The van der Waals surface area contributed by atoms with Gasteiger partial charge in [0.2, 0.25) is 11.8 Å². The summed E-state index contributed by atoms with van der Waals surface area (Å²) < 4.78 is 0. The number of hydrogen-bond acceptors (Lipinski definition) is 3. The fourth-order valence-electron chi connectivity index (χ4n) is 3.12. The molecule has 0 atom stereocenters. The Morgan fingerprint density at radius 2 is 1.60 bits per heavy atom. The van der Waals surface area contributed by atoms with Crippen molar-refractivity contribution in [3.8, 4) is 0 Å². The molecule has 1 saturated carbocycles. The third kappa shape index (κ3) is 2.72. The second kappa shape index (κ2) is 5.19. The van der Waals surface area contributed by atoms with E-state index in [2.05, 4.69) is 5.32 Å². The number of carbonyl (C=O) groups is 3. The zero-order valence-electron chi connectivity index (χ0n) is 12.6. The van der Waals surface area contributed by atoms with Crippen LogP contribution in [0.25, 0.3) is 0 Å². The molecule has 2 fully saturated rings. The van der Waals surface area contributed by atoms with Crippen molar-refractivity contribution in [3.63, 3.8) is 0 Å². The third-order valence-corrected chi connectivity index (χ3v) is 4.14. The molecule has 0 unspecified atom stereocenters. The van der Waals surface area contributed by atoms with Gasteiger partial charge in [0.05, 0.1) is 0 Å². The monoisotopic (exact) mass is 280 g/mol. The molecule has 1 heterocycles. The van der Waals surface area contributed by atoms with Gasteiger partial charge in [0.15, 0.2) is 0 Å². The first-order chi connectivity index (χ1) is 9.26. The molecular formula is C15H24N2O3. The van der Waals surface area contributed by atoms with Crippen LogP contribution in [0.5, 0.6) is 0 Å². The van der Waals surface area contributed by atoms with Gasteiger partial charge in [-0.05, 0) is 18.3 Å². The predicted molar refractivity (Wildman–Crippen MR) is 74.8 cm³/mol. The fourth-order valence-corrected chi connectivity index (χ4v) is 3.12. The average molecular weight is 280 g/mol. The summed E-state index contributed by atoms with van der Waals surface area (Å²) in [5.74, 6) is -0.678. The first-order valence-corrected chi connectivity index (χ1v) is 7.44. The van der Waals surface area contributed by atoms with Crippen LogP contribution in [-0.2, 0) is 9.59 Å². The Balaban J connectivity index is 2.30. The van der Waals surface area contributed by atoms with Gasteiger partial charge in [-0.3, -0.25) is 19.8 Å². The summed E-state index contributed by atoms with van der Waals surface area (Å²) >= 11 is 0. The van der Waals surface area contributed by atoms with E-state index in [1.807, 2.05) is 20.8 Å². The third-order valence-electron chi connectivity index (χ3n) is 4.14. The van der Waals surface area contributed by atoms with E-state index in [0.717, 1.165) is 25.7 Å². The quantitative estimate of drug-likeness (QED) is 0.750. The topological polar surface area (TPSA) is 66.5 Å². The highest BCUT2D eigenvalue weighted by Gasteiger charge is 2.53. The van der Waals surface area contributed by atoms with Crippen molar-refractivity contribution in [2.24, 2.45) is 10.8 Å².